The number of carboxylic acid groups (broad SMARTS) is 1. The van der Waals surface area contributed by atoms with Gasteiger partial charge in [-0.05, 0) is 74.4 Å². The Balaban J connectivity index is 1.83. The van der Waals surface area contributed by atoms with Gasteiger partial charge in [0, 0.05) is 29.8 Å². The minimum absolute atomic E-state index is 0.197. The van der Waals surface area contributed by atoms with Crippen molar-refractivity contribution in [3.63, 3.8) is 0 Å². The maximum atomic E-state index is 11.9. The highest BCUT2D eigenvalue weighted by Crippen LogP contribution is 2.41. The molecule has 0 unspecified atom stereocenters. The normalized spacial score (nSPS) is 17.4. The number of ether oxygens (including phenoxy) is 1. The van der Waals surface area contributed by atoms with Crippen LogP contribution in [0.25, 0.3) is 5.69 Å². The third-order valence-corrected chi connectivity index (χ3v) is 6.82. The van der Waals surface area contributed by atoms with Crippen molar-refractivity contribution < 1.29 is 19.4 Å². The zero-order valence-electron chi connectivity index (χ0n) is 20.1. The number of aryl methyl sites for hydroxylation is 2. The molecular formula is C26H28N4O4S. The van der Waals surface area contributed by atoms with Crippen LogP contribution in [0.15, 0.2) is 48.7 Å². The fourth-order valence-corrected chi connectivity index (χ4v) is 5.07. The minimum Gasteiger partial charge on any atom is -0.478 e. The molecule has 3 heterocycles. The largest absolute Gasteiger partial charge is 0.478 e. The number of carbonyl (C=O) groups is 2. The average molecular weight is 493 g/mol. The van der Waals surface area contributed by atoms with Gasteiger partial charge in [-0.25, -0.2) is 4.79 Å². The number of rotatable bonds is 7. The van der Waals surface area contributed by atoms with E-state index in [1.54, 1.807) is 18.3 Å². The number of carboxylic acids is 1. The Morgan fingerprint density at radius 1 is 1.17 bits per heavy atom. The second-order valence-electron chi connectivity index (χ2n) is 8.61. The van der Waals surface area contributed by atoms with E-state index in [1.807, 2.05) is 49.9 Å². The molecule has 8 nitrogen and oxygen atoms in total. The maximum Gasteiger partial charge on any atom is 0.335 e. The van der Waals surface area contributed by atoms with E-state index >= 15 is 0 Å². The first-order valence-electron chi connectivity index (χ1n) is 11.3. The molecule has 0 saturated carbocycles. The van der Waals surface area contributed by atoms with Crippen molar-refractivity contribution in [3.8, 4) is 5.69 Å². The fraction of sp³-hybridized carbons (Fsp3) is 0.308. The lowest BCUT2D eigenvalue weighted by Crippen LogP contribution is -2.32. The molecule has 0 bridgehead atoms. The van der Waals surface area contributed by atoms with E-state index in [-0.39, 0.29) is 30.0 Å². The van der Waals surface area contributed by atoms with Crippen LogP contribution in [0.5, 0.6) is 0 Å². The molecule has 0 spiro atoms. The first-order chi connectivity index (χ1) is 16.7. The molecule has 0 aliphatic carbocycles. The van der Waals surface area contributed by atoms with Crippen LogP contribution in [-0.4, -0.2) is 50.3 Å². The molecule has 2 aromatic heterocycles. The monoisotopic (exact) mass is 492 g/mol. The van der Waals surface area contributed by atoms with Crippen LogP contribution in [0.4, 0.5) is 0 Å². The summed E-state index contributed by atoms with van der Waals surface area (Å²) >= 11 is 5.69. The standard InChI is InChI=1S/C26H28N4O4S/c1-15-8-9-18(25(32)33)14-21(15)30-16(2)13-19(17(30)3)24-23(20-7-5-6-11-27-20)28-26(35)29(24)12-10-22(31)34-4/h5-9,11,13-14,23-24H,10,12H2,1-4H3,(H,28,35)(H,32,33)/t23-,24-/m1/s1. The Bertz CT molecular complexity index is 1290. The molecule has 1 aliphatic heterocycles. The summed E-state index contributed by atoms with van der Waals surface area (Å²) < 4.78 is 6.93. The highest BCUT2D eigenvalue weighted by atomic mass is 32.1. The number of nitrogens with zero attached hydrogens (tertiary/aromatic N) is 3. The smallest absolute Gasteiger partial charge is 0.335 e. The molecule has 1 aliphatic rings. The number of pyridine rings is 1. The van der Waals surface area contributed by atoms with Crippen LogP contribution < -0.4 is 5.32 Å². The topological polar surface area (TPSA) is 96.7 Å². The highest BCUT2D eigenvalue weighted by molar-refractivity contribution is 7.80. The predicted molar refractivity (Wildman–Crippen MR) is 136 cm³/mol. The van der Waals surface area contributed by atoms with Gasteiger partial charge in [0.2, 0.25) is 0 Å². The number of thiocarbonyl (C=S) groups is 1. The molecule has 3 aromatic rings. The number of hydrogen-bond acceptors (Lipinski definition) is 5. The lowest BCUT2D eigenvalue weighted by Gasteiger charge is -2.28. The first-order valence-corrected chi connectivity index (χ1v) is 11.7. The van der Waals surface area contributed by atoms with Gasteiger partial charge in [-0.1, -0.05) is 12.1 Å². The van der Waals surface area contributed by atoms with Gasteiger partial charge in [-0.2, -0.15) is 0 Å². The lowest BCUT2D eigenvalue weighted by molar-refractivity contribution is -0.140. The van der Waals surface area contributed by atoms with Crippen molar-refractivity contribution >= 4 is 29.3 Å². The minimum atomic E-state index is -0.969. The molecule has 2 atom stereocenters. The van der Waals surface area contributed by atoms with Gasteiger partial charge >= 0.3 is 11.9 Å². The first kappa shape index (κ1) is 24.4. The Kier molecular flexibility index (Phi) is 6.88. The van der Waals surface area contributed by atoms with E-state index in [4.69, 9.17) is 17.0 Å². The van der Waals surface area contributed by atoms with E-state index in [9.17, 15) is 14.7 Å². The summed E-state index contributed by atoms with van der Waals surface area (Å²) in [7, 11) is 1.37. The molecule has 0 amide bonds. The molecule has 9 heteroatoms. The predicted octanol–water partition coefficient (Wildman–Crippen LogP) is 4.03. The van der Waals surface area contributed by atoms with Crippen LogP contribution in [0.2, 0.25) is 0 Å². The number of aromatic carboxylic acids is 1. The van der Waals surface area contributed by atoms with Crippen molar-refractivity contribution in [2.75, 3.05) is 13.7 Å². The molecule has 1 saturated heterocycles. The van der Waals surface area contributed by atoms with Gasteiger partial charge in [-0.3, -0.25) is 9.78 Å². The highest BCUT2D eigenvalue weighted by Gasteiger charge is 2.41. The summed E-state index contributed by atoms with van der Waals surface area (Å²) in [5.74, 6) is -1.28. The van der Waals surface area contributed by atoms with Crippen LogP contribution in [0, 0.1) is 20.8 Å². The van der Waals surface area contributed by atoms with E-state index in [2.05, 4.69) is 20.9 Å². The van der Waals surface area contributed by atoms with Crippen molar-refractivity contribution in [3.05, 3.63) is 82.4 Å². The van der Waals surface area contributed by atoms with Crippen molar-refractivity contribution in [1.29, 1.82) is 0 Å². The van der Waals surface area contributed by atoms with Crippen LogP contribution in [0.1, 0.15) is 57.1 Å². The zero-order chi connectivity index (χ0) is 25.3. The number of hydrogen-bond donors (Lipinski definition) is 2. The number of aromatic nitrogens is 2. The van der Waals surface area contributed by atoms with Gasteiger partial charge in [0.05, 0.1) is 36.9 Å². The third kappa shape index (κ3) is 4.64. The number of benzene rings is 1. The van der Waals surface area contributed by atoms with Crippen LogP contribution >= 0.6 is 12.2 Å². The van der Waals surface area contributed by atoms with Crippen molar-refractivity contribution in [2.45, 2.75) is 39.3 Å². The summed E-state index contributed by atoms with van der Waals surface area (Å²) in [6.45, 7) is 6.37. The van der Waals surface area contributed by atoms with Crippen LogP contribution in [-0.2, 0) is 9.53 Å². The summed E-state index contributed by atoms with van der Waals surface area (Å²) in [6, 6.07) is 12.6. The van der Waals surface area contributed by atoms with Crippen LogP contribution in [0.3, 0.4) is 0 Å². The van der Waals surface area contributed by atoms with E-state index in [0.29, 0.717) is 11.7 Å². The second kappa shape index (κ2) is 9.87. The molecule has 35 heavy (non-hydrogen) atoms. The summed E-state index contributed by atoms with van der Waals surface area (Å²) in [5, 5.41) is 13.5. The number of methoxy groups -OCH3 is 1. The van der Waals surface area contributed by atoms with Gasteiger partial charge in [0.1, 0.15) is 0 Å². The SMILES string of the molecule is COC(=O)CCN1C(=S)N[C@H](c2ccccn2)[C@H]1c1cc(C)n(-c2cc(C(=O)O)ccc2C)c1C. The fourth-order valence-electron chi connectivity index (χ4n) is 4.74. The van der Waals surface area contributed by atoms with E-state index in [0.717, 1.165) is 33.9 Å². The van der Waals surface area contributed by atoms with Gasteiger partial charge in [0.15, 0.2) is 5.11 Å². The molecule has 182 valence electrons. The average Bonchev–Trinajstić information content (AvgIpc) is 3.32. The number of carbonyl (C=O) groups excluding carboxylic acids is 1. The second-order valence-corrected chi connectivity index (χ2v) is 9.00. The molecule has 1 aromatic carbocycles. The molecular weight excluding hydrogens is 464 g/mol. The Morgan fingerprint density at radius 2 is 1.94 bits per heavy atom. The summed E-state index contributed by atoms with van der Waals surface area (Å²) in [6.07, 6.45) is 1.94. The molecule has 0 radical (unpaired) electrons. The Morgan fingerprint density at radius 3 is 2.60 bits per heavy atom. The van der Waals surface area contributed by atoms with E-state index < -0.39 is 5.97 Å². The molecule has 1 fully saturated rings. The summed E-state index contributed by atoms with van der Waals surface area (Å²) in [5.41, 5.74) is 5.81. The molecule has 2 N–H and O–H groups in total. The Labute approximate surface area is 209 Å². The van der Waals surface area contributed by atoms with Gasteiger partial charge < -0.3 is 24.6 Å². The maximum absolute atomic E-state index is 11.9. The van der Waals surface area contributed by atoms with Crippen molar-refractivity contribution in [2.24, 2.45) is 0 Å². The van der Waals surface area contributed by atoms with Gasteiger partial charge in [0.25, 0.3) is 0 Å². The Hall–Kier alpha value is -3.72. The van der Waals surface area contributed by atoms with Crippen molar-refractivity contribution in [1.82, 2.24) is 19.8 Å². The zero-order valence-corrected chi connectivity index (χ0v) is 20.9. The number of esters is 1. The van der Waals surface area contributed by atoms with E-state index in [1.165, 1.54) is 7.11 Å². The molecule has 4 rings (SSSR count). The lowest BCUT2D eigenvalue weighted by atomic mass is 9.96. The number of nitrogens with one attached hydrogen (secondary N) is 1. The third-order valence-electron chi connectivity index (χ3n) is 6.47. The summed E-state index contributed by atoms with van der Waals surface area (Å²) in [4.78, 5) is 30.1. The van der Waals surface area contributed by atoms with Gasteiger partial charge in [-0.15, -0.1) is 0 Å². The quantitative estimate of drug-likeness (QED) is 0.377.